The lowest BCUT2D eigenvalue weighted by molar-refractivity contribution is 0.0219. The van der Waals surface area contributed by atoms with Crippen LogP contribution in [0.5, 0.6) is 0 Å². The van der Waals surface area contributed by atoms with E-state index in [4.69, 9.17) is 9.72 Å². The highest BCUT2D eigenvalue weighted by Gasteiger charge is 2.34. The van der Waals surface area contributed by atoms with Gasteiger partial charge < -0.3 is 9.72 Å². The minimum absolute atomic E-state index is 0.0726. The third-order valence-corrected chi connectivity index (χ3v) is 4.71. The molecule has 1 N–H and O–H groups in total. The summed E-state index contributed by atoms with van der Waals surface area (Å²) in [6.45, 7) is 6.35. The molecule has 3 heterocycles. The Morgan fingerprint density at radius 3 is 2.70 bits per heavy atom. The second-order valence-corrected chi connectivity index (χ2v) is 7.92. The van der Waals surface area contributed by atoms with E-state index in [9.17, 15) is 4.79 Å². The molecule has 0 spiro atoms. The maximum Gasteiger partial charge on any atom is 0.410 e. The van der Waals surface area contributed by atoms with E-state index in [2.05, 4.69) is 22.1 Å². The number of amides is 1. The number of aromatic nitrogens is 3. The van der Waals surface area contributed by atoms with Crippen LogP contribution in [-0.4, -0.2) is 38.1 Å². The number of benzene rings is 1. The zero-order chi connectivity index (χ0) is 19.0. The van der Waals surface area contributed by atoms with Crippen molar-refractivity contribution in [3.8, 4) is 11.1 Å². The average molecular weight is 364 g/mol. The van der Waals surface area contributed by atoms with Crippen molar-refractivity contribution in [3.63, 3.8) is 0 Å². The maximum absolute atomic E-state index is 12.6. The van der Waals surface area contributed by atoms with Gasteiger partial charge in [0.15, 0.2) is 0 Å². The topological polar surface area (TPSA) is 71.1 Å². The number of H-pyrrole nitrogens is 1. The first-order valence-electron chi connectivity index (χ1n) is 9.30. The molecule has 1 atom stereocenters. The third kappa shape index (κ3) is 3.65. The van der Waals surface area contributed by atoms with Crippen LogP contribution in [0.2, 0.25) is 0 Å². The van der Waals surface area contributed by atoms with E-state index in [0.717, 1.165) is 40.8 Å². The van der Waals surface area contributed by atoms with Crippen LogP contribution in [0, 0.1) is 0 Å². The smallest absolute Gasteiger partial charge is 0.410 e. The number of ether oxygens (including phenoxy) is 1. The lowest BCUT2D eigenvalue weighted by atomic mass is 10.1. The largest absolute Gasteiger partial charge is 0.444 e. The first-order chi connectivity index (χ1) is 12.9. The number of nitrogens with zero attached hydrogens (tertiary/aromatic N) is 3. The molecule has 0 saturated carbocycles. The predicted octanol–water partition coefficient (Wildman–Crippen LogP) is 4.70. The molecule has 0 aliphatic carbocycles. The van der Waals surface area contributed by atoms with Gasteiger partial charge in [-0.05, 0) is 69.0 Å². The highest BCUT2D eigenvalue weighted by molar-refractivity contribution is 5.82. The molecule has 1 aliphatic heterocycles. The Bertz CT molecular complexity index is 959. The number of hydrogen-bond acceptors (Lipinski definition) is 4. The average Bonchev–Trinajstić information content (AvgIpc) is 3.27. The SMILES string of the molecule is CC(C)(C)OC(=O)N1CCC[C@H]1c1nc2ccc(-c3ccncc3)cc2[nH]1. The van der Waals surface area contributed by atoms with Crippen molar-refractivity contribution in [2.45, 2.75) is 45.3 Å². The summed E-state index contributed by atoms with van der Waals surface area (Å²) in [5.41, 5.74) is 3.58. The normalized spacial score (nSPS) is 17.4. The summed E-state index contributed by atoms with van der Waals surface area (Å²) in [7, 11) is 0. The Kier molecular flexibility index (Phi) is 4.34. The molecule has 6 heteroatoms. The Hall–Kier alpha value is -2.89. The van der Waals surface area contributed by atoms with Crippen LogP contribution in [0.15, 0.2) is 42.7 Å². The molecule has 140 valence electrons. The van der Waals surface area contributed by atoms with Crippen LogP contribution in [0.1, 0.15) is 45.5 Å². The van der Waals surface area contributed by atoms with Gasteiger partial charge in [0.25, 0.3) is 0 Å². The van der Waals surface area contributed by atoms with Crippen molar-refractivity contribution in [2.24, 2.45) is 0 Å². The van der Waals surface area contributed by atoms with Crippen molar-refractivity contribution in [2.75, 3.05) is 6.54 Å². The lowest BCUT2D eigenvalue weighted by Crippen LogP contribution is -2.36. The molecule has 4 rings (SSSR count). The molecule has 27 heavy (non-hydrogen) atoms. The summed E-state index contributed by atoms with van der Waals surface area (Å²) in [5.74, 6) is 0.820. The molecule has 1 amide bonds. The van der Waals surface area contributed by atoms with Crippen molar-refractivity contribution in [1.82, 2.24) is 19.9 Å². The van der Waals surface area contributed by atoms with Crippen LogP contribution in [0.3, 0.4) is 0 Å². The number of carbonyl (C=O) groups excluding carboxylic acids is 1. The van der Waals surface area contributed by atoms with E-state index in [-0.39, 0.29) is 12.1 Å². The van der Waals surface area contributed by atoms with Gasteiger partial charge in [0.05, 0.1) is 17.1 Å². The monoisotopic (exact) mass is 364 g/mol. The molecule has 3 aromatic rings. The summed E-state index contributed by atoms with van der Waals surface area (Å²) in [6.07, 6.45) is 5.13. The van der Waals surface area contributed by atoms with Gasteiger partial charge in [-0.1, -0.05) is 6.07 Å². The molecular weight excluding hydrogens is 340 g/mol. The number of carbonyl (C=O) groups is 1. The van der Waals surface area contributed by atoms with Gasteiger partial charge in [0.1, 0.15) is 11.4 Å². The second kappa shape index (κ2) is 6.68. The van der Waals surface area contributed by atoms with E-state index < -0.39 is 5.60 Å². The fourth-order valence-corrected chi connectivity index (χ4v) is 3.50. The minimum atomic E-state index is -0.502. The fraction of sp³-hybridized carbons (Fsp3) is 0.381. The van der Waals surface area contributed by atoms with Crippen LogP contribution in [0.4, 0.5) is 4.79 Å². The fourth-order valence-electron chi connectivity index (χ4n) is 3.50. The van der Waals surface area contributed by atoms with Gasteiger partial charge >= 0.3 is 6.09 Å². The summed E-state index contributed by atoms with van der Waals surface area (Å²) < 4.78 is 5.56. The van der Waals surface area contributed by atoms with Crippen LogP contribution >= 0.6 is 0 Å². The molecule has 2 aromatic heterocycles. The van der Waals surface area contributed by atoms with Crippen LogP contribution < -0.4 is 0 Å². The van der Waals surface area contributed by atoms with Gasteiger partial charge in [-0.2, -0.15) is 0 Å². The molecule has 1 aliphatic rings. The minimum Gasteiger partial charge on any atom is -0.444 e. The highest BCUT2D eigenvalue weighted by Crippen LogP contribution is 2.33. The van der Waals surface area contributed by atoms with Crippen molar-refractivity contribution < 1.29 is 9.53 Å². The van der Waals surface area contributed by atoms with Gasteiger partial charge in [-0.3, -0.25) is 9.88 Å². The molecule has 1 fully saturated rings. The highest BCUT2D eigenvalue weighted by atomic mass is 16.6. The lowest BCUT2D eigenvalue weighted by Gasteiger charge is -2.27. The molecule has 0 unspecified atom stereocenters. The number of imidazole rings is 1. The third-order valence-electron chi connectivity index (χ3n) is 4.71. The van der Waals surface area contributed by atoms with Crippen molar-refractivity contribution in [3.05, 3.63) is 48.5 Å². The molecule has 1 saturated heterocycles. The number of aromatic amines is 1. The Morgan fingerprint density at radius 2 is 1.96 bits per heavy atom. The molecular formula is C21H24N4O2. The molecule has 0 bridgehead atoms. The van der Waals surface area contributed by atoms with E-state index in [0.29, 0.717) is 6.54 Å². The predicted molar refractivity (Wildman–Crippen MR) is 104 cm³/mol. The van der Waals surface area contributed by atoms with Gasteiger partial charge in [0, 0.05) is 18.9 Å². The number of likely N-dealkylation sites (tertiary alicyclic amines) is 1. The Morgan fingerprint density at radius 1 is 1.19 bits per heavy atom. The van der Waals surface area contributed by atoms with E-state index in [1.165, 1.54) is 0 Å². The zero-order valence-corrected chi connectivity index (χ0v) is 15.9. The number of pyridine rings is 1. The summed E-state index contributed by atoms with van der Waals surface area (Å²) in [5, 5.41) is 0. The second-order valence-electron chi connectivity index (χ2n) is 7.92. The zero-order valence-electron chi connectivity index (χ0n) is 15.9. The van der Waals surface area contributed by atoms with Crippen LogP contribution in [0.25, 0.3) is 22.2 Å². The quantitative estimate of drug-likeness (QED) is 0.716. The maximum atomic E-state index is 12.6. The van der Waals surface area contributed by atoms with Gasteiger partial charge in [0.2, 0.25) is 0 Å². The number of hydrogen-bond donors (Lipinski definition) is 1. The number of nitrogens with one attached hydrogen (secondary N) is 1. The van der Waals surface area contributed by atoms with Crippen molar-refractivity contribution in [1.29, 1.82) is 0 Å². The first kappa shape index (κ1) is 17.5. The van der Waals surface area contributed by atoms with E-state index in [1.54, 1.807) is 17.3 Å². The molecule has 0 radical (unpaired) electrons. The molecule has 1 aromatic carbocycles. The van der Waals surface area contributed by atoms with Gasteiger partial charge in [-0.15, -0.1) is 0 Å². The first-order valence-corrected chi connectivity index (χ1v) is 9.30. The Balaban J connectivity index is 1.62. The number of fused-ring (bicyclic) bond motifs is 1. The standard InChI is InChI=1S/C21H24N4O2/c1-21(2,3)27-20(26)25-12-4-5-18(25)19-23-16-7-6-15(13-17(16)24-19)14-8-10-22-11-9-14/h6-11,13,18H,4-5,12H2,1-3H3,(H,23,24)/t18-/m0/s1. The van der Waals surface area contributed by atoms with Crippen LogP contribution in [-0.2, 0) is 4.74 Å². The number of rotatable bonds is 2. The van der Waals surface area contributed by atoms with E-state index >= 15 is 0 Å². The van der Waals surface area contributed by atoms with E-state index in [1.807, 2.05) is 39.0 Å². The molecule has 6 nitrogen and oxygen atoms in total. The summed E-state index contributed by atoms with van der Waals surface area (Å²) >= 11 is 0. The summed E-state index contributed by atoms with van der Waals surface area (Å²) in [6, 6.07) is 10.1. The Labute approximate surface area is 158 Å². The summed E-state index contributed by atoms with van der Waals surface area (Å²) in [4.78, 5) is 26.6. The van der Waals surface area contributed by atoms with Gasteiger partial charge in [-0.25, -0.2) is 9.78 Å². The van der Waals surface area contributed by atoms with Crippen molar-refractivity contribution >= 4 is 17.1 Å².